The second-order valence-corrected chi connectivity index (χ2v) is 7.12. The summed E-state index contributed by atoms with van der Waals surface area (Å²) in [6.07, 6.45) is 4.50. The number of guanidine groups is 1. The first kappa shape index (κ1) is 16.9. The van der Waals surface area contributed by atoms with Crippen LogP contribution in [0.1, 0.15) is 32.6 Å². The summed E-state index contributed by atoms with van der Waals surface area (Å²) in [5.41, 5.74) is -0.150. The van der Waals surface area contributed by atoms with Gasteiger partial charge in [-0.25, -0.2) is 0 Å². The van der Waals surface area contributed by atoms with Gasteiger partial charge in [0.05, 0.1) is 12.1 Å². The maximum Gasteiger partial charge on any atom is 0.191 e. The molecular weight excluding hydrogens is 286 g/mol. The van der Waals surface area contributed by atoms with Crippen molar-refractivity contribution in [3.8, 4) is 0 Å². The Morgan fingerprint density at radius 3 is 2.81 bits per heavy atom. The molecule has 6 heteroatoms. The fourth-order valence-electron chi connectivity index (χ4n) is 2.75. The number of methoxy groups -OCH3 is 1. The van der Waals surface area contributed by atoms with Gasteiger partial charge in [-0.15, -0.1) is 0 Å². The highest BCUT2D eigenvalue weighted by Crippen LogP contribution is 2.26. The Balaban J connectivity index is 1.85. The van der Waals surface area contributed by atoms with E-state index in [9.17, 15) is 0 Å². The van der Waals surface area contributed by atoms with Gasteiger partial charge in [-0.3, -0.25) is 4.99 Å². The summed E-state index contributed by atoms with van der Waals surface area (Å²) < 4.78 is 11.2. The molecule has 2 aliphatic heterocycles. The fourth-order valence-corrected chi connectivity index (χ4v) is 3.95. The zero-order valence-electron chi connectivity index (χ0n) is 13.3. The highest BCUT2D eigenvalue weighted by Gasteiger charge is 2.32. The first-order valence-electron chi connectivity index (χ1n) is 8.05. The number of thioether (sulfide) groups is 1. The van der Waals surface area contributed by atoms with Crippen LogP contribution in [0.15, 0.2) is 4.99 Å². The molecule has 21 heavy (non-hydrogen) atoms. The van der Waals surface area contributed by atoms with Gasteiger partial charge in [0.15, 0.2) is 5.96 Å². The average Bonchev–Trinajstić information content (AvgIpc) is 3.04. The van der Waals surface area contributed by atoms with E-state index >= 15 is 0 Å². The van der Waals surface area contributed by atoms with Crippen LogP contribution in [0.4, 0.5) is 0 Å². The van der Waals surface area contributed by atoms with E-state index in [1.165, 1.54) is 18.6 Å². The van der Waals surface area contributed by atoms with Gasteiger partial charge in [-0.05, 0) is 25.5 Å². The van der Waals surface area contributed by atoms with Crippen LogP contribution in [0, 0.1) is 0 Å². The van der Waals surface area contributed by atoms with Gasteiger partial charge in [-0.1, -0.05) is 0 Å². The minimum Gasteiger partial charge on any atom is -0.381 e. The Kier molecular flexibility index (Phi) is 7.13. The van der Waals surface area contributed by atoms with Crippen LogP contribution >= 0.6 is 11.8 Å². The van der Waals surface area contributed by atoms with E-state index in [4.69, 9.17) is 14.5 Å². The molecule has 0 aromatic rings. The van der Waals surface area contributed by atoms with Gasteiger partial charge in [0.2, 0.25) is 0 Å². The van der Waals surface area contributed by atoms with E-state index in [2.05, 4.69) is 29.3 Å². The number of nitrogens with one attached hydrogen (secondary N) is 2. The van der Waals surface area contributed by atoms with Crippen molar-refractivity contribution in [3.63, 3.8) is 0 Å². The van der Waals surface area contributed by atoms with E-state index in [1.54, 1.807) is 7.11 Å². The number of ether oxygens (including phenoxy) is 2. The van der Waals surface area contributed by atoms with Crippen LogP contribution in [0.5, 0.6) is 0 Å². The Bertz CT molecular complexity index is 327. The van der Waals surface area contributed by atoms with Crippen molar-refractivity contribution in [3.05, 3.63) is 0 Å². The van der Waals surface area contributed by atoms with Crippen LogP contribution in [0.25, 0.3) is 0 Å². The van der Waals surface area contributed by atoms with E-state index in [0.717, 1.165) is 50.4 Å². The first-order chi connectivity index (χ1) is 10.3. The molecule has 0 saturated carbocycles. The lowest BCUT2D eigenvalue weighted by molar-refractivity contribution is -0.0828. The largest absolute Gasteiger partial charge is 0.381 e. The monoisotopic (exact) mass is 315 g/mol. The third-order valence-electron chi connectivity index (χ3n) is 4.23. The molecule has 122 valence electrons. The van der Waals surface area contributed by atoms with Crippen LogP contribution in [0.2, 0.25) is 0 Å². The SMILES string of the molecule is CCNC(=NCC1(OC)CCOCC1)NCC1CCCS1. The van der Waals surface area contributed by atoms with Crippen molar-refractivity contribution in [1.82, 2.24) is 10.6 Å². The van der Waals surface area contributed by atoms with Gasteiger partial charge >= 0.3 is 0 Å². The van der Waals surface area contributed by atoms with Crippen molar-refractivity contribution in [2.75, 3.05) is 45.7 Å². The van der Waals surface area contributed by atoms with Gasteiger partial charge in [0.1, 0.15) is 0 Å². The maximum atomic E-state index is 5.74. The van der Waals surface area contributed by atoms with E-state index in [-0.39, 0.29) is 5.60 Å². The number of hydrogen-bond donors (Lipinski definition) is 2. The molecule has 0 aromatic heterocycles. The normalized spacial score (nSPS) is 25.8. The standard InChI is InChI=1S/C15H29N3O2S/c1-3-16-14(17-11-13-5-4-10-21-13)18-12-15(19-2)6-8-20-9-7-15/h13H,3-12H2,1-2H3,(H2,16,17,18). The highest BCUT2D eigenvalue weighted by atomic mass is 32.2. The van der Waals surface area contributed by atoms with Gasteiger partial charge in [0.25, 0.3) is 0 Å². The second-order valence-electron chi connectivity index (χ2n) is 5.71. The molecule has 0 spiro atoms. The first-order valence-corrected chi connectivity index (χ1v) is 9.09. The maximum absolute atomic E-state index is 5.74. The molecule has 2 saturated heterocycles. The molecule has 2 heterocycles. The molecule has 0 radical (unpaired) electrons. The van der Waals surface area contributed by atoms with Gasteiger partial charge < -0.3 is 20.1 Å². The summed E-state index contributed by atoms with van der Waals surface area (Å²) in [5.74, 6) is 2.21. The van der Waals surface area contributed by atoms with E-state index in [0.29, 0.717) is 6.54 Å². The lowest BCUT2D eigenvalue weighted by atomic mass is 9.94. The van der Waals surface area contributed by atoms with Crippen molar-refractivity contribution in [1.29, 1.82) is 0 Å². The number of nitrogens with zero attached hydrogens (tertiary/aromatic N) is 1. The zero-order valence-corrected chi connectivity index (χ0v) is 14.1. The number of rotatable bonds is 6. The average molecular weight is 315 g/mol. The van der Waals surface area contributed by atoms with Crippen molar-refractivity contribution in [2.45, 2.75) is 43.5 Å². The van der Waals surface area contributed by atoms with Crippen molar-refractivity contribution >= 4 is 17.7 Å². The van der Waals surface area contributed by atoms with Crippen LogP contribution < -0.4 is 10.6 Å². The van der Waals surface area contributed by atoms with Crippen molar-refractivity contribution in [2.24, 2.45) is 4.99 Å². The summed E-state index contributed by atoms with van der Waals surface area (Å²) in [6, 6.07) is 0. The van der Waals surface area contributed by atoms with Gasteiger partial charge in [0, 0.05) is 51.5 Å². The van der Waals surface area contributed by atoms with Crippen LogP contribution in [-0.4, -0.2) is 62.5 Å². The highest BCUT2D eigenvalue weighted by molar-refractivity contribution is 8.00. The quantitative estimate of drug-likeness (QED) is 0.576. The molecule has 2 aliphatic rings. The minimum atomic E-state index is -0.150. The summed E-state index contributed by atoms with van der Waals surface area (Å²) in [5, 5.41) is 7.53. The molecule has 2 N–H and O–H groups in total. The second kappa shape index (κ2) is 8.86. The Morgan fingerprint density at radius 2 is 2.19 bits per heavy atom. The predicted molar refractivity (Wildman–Crippen MR) is 89.3 cm³/mol. The molecule has 5 nitrogen and oxygen atoms in total. The van der Waals surface area contributed by atoms with E-state index in [1.807, 2.05) is 0 Å². The molecule has 0 bridgehead atoms. The zero-order chi connectivity index (χ0) is 15.0. The lowest BCUT2D eigenvalue weighted by Gasteiger charge is -2.34. The summed E-state index contributed by atoms with van der Waals surface area (Å²) in [6.45, 7) is 6.21. The van der Waals surface area contributed by atoms with Crippen LogP contribution in [-0.2, 0) is 9.47 Å². The molecule has 2 rings (SSSR count). The van der Waals surface area contributed by atoms with Gasteiger partial charge in [-0.2, -0.15) is 11.8 Å². The third-order valence-corrected chi connectivity index (χ3v) is 5.63. The van der Waals surface area contributed by atoms with Crippen molar-refractivity contribution < 1.29 is 9.47 Å². The molecule has 2 fully saturated rings. The fraction of sp³-hybridized carbons (Fsp3) is 0.933. The minimum absolute atomic E-state index is 0.150. The van der Waals surface area contributed by atoms with Crippen LogP contribution in [0.3, 0.4) is 0 Å². The van der Waals surface area contributed by atoms with E-state index < -0.39 is 0 Å². The smallest absolute Gasteiger partial charge is 0.191 e. The summed E-state index contributed by atoms with van der Waals surface area (Å²) in [7, 11) is 1.79. The lowest BCUT2D eigenvalue weighted by Crippen LogP contribution is -2.44. The number of hydrogen-bond acceptors (Lipinski definition) is 4. The number of aliphatic imine (C=N–C) groups is 1. The predicted octanol–water partition coefficient (Wildman–Crippen LogP) is 1.63. The molecule has 1 unspecified atom stereocenters. The molecular formula is C15H29N3O2S. The molecule has 0 aliphatic carbocycles. The molecule has 0 amide bonds. The molecule has 0 aromatic carbocycles. The Labute approximate surface area is 132 Å². The topological polar surface area (TPSA) is 54.9 Å². The third kappa shape index (κ3) is 5.34. The summed E-state index contributed by atoms with van der Waals surface area (Å²) in [4.78, 5) is 4.75. The molecule has 1 atom stereocenters. The summed E-state index contributed by atoms with van der Waals surface area (Å²) >= 11 is 2.07. The Hall–Kier alpha value is -0.460. The Morgan fingerprint density at radius 1 is 1.38 bits per heavy atom.